The van der Waals surface area contributed by atoms with Crippen LogP contribution in [0.25, 0.3) is 0 Å². The first-order valence-corrected chi connectivity index (χ1v) is 4.55. The van der Waals surface area contributed by atoms with Gasteiger partial charge in [0.05, 0.1) is 0 Å². The molecule has 0 heterocycles. The summed E-state index contributed by atoms with van der Waals surface area (Å²) in [7, 11) is 0. The Hall–Kier alpha value is -0.250. The van der Waals surface area contributed by atoms with Crippen molar-refractivity contribution in [1.82, 2.24) is 5.32 Å². The summed E-state index contributed by atoms with van der Waals surface area (Å²) in [5.41, 5.74) is 0. The summed E-state index contributed by atoms with van der Waals surface area (Å²) in [6.07, 6.45) is -4.14. The van der Waals surface area contributed by atoms with Crippen LogP contribution in [0, 0.1) is 11.8 Å². The van der Waals surface area contributed by atoms with E-state index in [2.05, 4.69) is 5.32 Å². The maximum absolute atomic E-state index is 12.4. The lowest BCUT2D eigenvalue weighted by Gasteiger charge is -2.25. The van der Waals surface area contributed by atoms with Gasteiger partial charge in [0.2, 0.25) is 0 Å². The number of rotatable bonds is 4. The van der Waals surface area contributed by atoms with Gasteiger partial charge in [0, 0.05) is 0 Å². The minimum atomic E-state index is -4.14. The Balaban J connectivity index is 4.12. The lowest BCUT2D eigenvalue weighted by Crippen LogP contribution is -2.47. The van der Waals surface area contributed by atoms with Crippen molar-refractivity contribution in [2.45, 2.75) is 39.9 Å². The lowest BCUT2D eigenvalue weighted by molar-refractivity contribution is -0.165. The van der Waals surface area contributed by atoms with E-state index in [-0.39, 0.29) is 5.92 Å². The Kier molecular flexibility index (Phi) is 4.75. The molecule has 0 aromatic rings. The Morgan fingerprint density at radius 3 is 1.77 bits per heavy atom. The van der Waals surface area contributed by atoms with Crippen LogP contribution < -0.4 is 5.32 Å². The molecular weight excluding hydrogens is 179 g/mol. The van der Waals surface area contributed by atoms with Crippen LogP contribution in [0.1, 0.15) is 27.7 Å². The predicted octanol–water partition coefficient (Wildman–Crippen LogP) is 2.82. The van der Waals surface area contributed by atoms with E-state index in [1.807, 2.05) is 13.8 Å². The molecule has 0 unspecified atom stereocenters. The molecule has 0 rings (SSSR count). The highest BCUT2D eigenvalue weighted by Gasteiger charge is 2.41. The summed E-state index contributed by atoms with van der Waals surface area (Å²) in [4.78, 5) is 0. The standard InChI is InChI=1S/C9H18F3N/c1-6(2)5-13-8(7(3)4)9(10,11)12/h6-8,13H,5H2,1-4H3/t8-/m0/s1. The van der Waals surface area contributed by atoms with Crippen molar-refractivity contribution in [2.75, 3.05) is 6.54 Å². The van der Waals surface area contributed by atoms with Crippen LogP contribution in [-0.2, 0) is 0 Å². The van der Waals surface area contributed by atoms with Gasteiger partial charge in [0.15, 0.2) is 0 Å². The van der Waals surface area contributed by atoms with Gasteiger partial charge < -0.3 is 5.32 Å². The molecule has 0 saturated heterocycles. The number of halogens is 3. The molecule has 0 amide bonds. The van der Waals surface area contributed by atoms with Crippen molar-refractivity contribution in [2.24, 2.45) is 11.8 Å². The minimum Gasteiger partial charge on any atom is -0.306 e. The van der Waals surface area contributed by atoms with Gasteiger partial charge in [-0.25, -0.2) is 0 Å². The number of hydrogen-bond donors (Lipinski definition) is 1. The van der Waals surface area contributed by atoms with E-state index in [1.165, 1.54) is 0 Å². The Bertz CT molecular complexity index is 140. The van der Waals surface area contributed by atoms with Gasteiger partial charge in [-0.05, 0) is 18.4 Å². The van der Waals surface area contributed by atoms with Gasteiger partial charge in [0.25, 0.3) is 0 Å². The topological polar surface area (TPSA) is 12.0 Å². The number of nitrogens with one attached hydrogen (secondary N) is 1. The molecule has 0 aromatic carbocycles. The van der Waals surface area contributed by atoms with Crippen LogP contribution >= 0.6 is 0 Å². The fraction of sp³-hybridized carbons (Fsp3) is 1.00. The summed E-state index contributed by atoms with van der Waals surface area (Å²) in [6.45, 7) is 7.33. The minimum absolute atomic E-state index is 0.239. The molecule has 1 N–H and O–H groups in total. The molecule has 0 aliphatic carbocycles. The van der Waals surface area contributed by atoms with Gasteiger partial charge in [-0.2, -0.15) is 13.2 Å². The SMILES string of the molecule is CC(C)CN[C@@H](C(C)C)C(F)(F)F. The van der Waals surface area contributed by atoms with Crippen LogP contribution in [0.15, 0.2) is 0 Å². The molecule has 0 aliphatic heterocycles. The third-order valence-electron chi connectivity index (χ3n) is 1.77. The molecule has 4 heteroatoms. The lowest BCUT2D eigenvalue weighted by atomic mass is 10.0. The summed E-state index contributed by atoms with van der Waals surface area (Å²) >= 11 is 0. The molecule has 0 aromatic heterocycles. The van der Waals surface area contributed by atoms with E-state index >= 15 is 0 Å². The van der Waals surface area contributed by atoms with Crippen molar-refractivity contribution >= 4 is 0 Å². The average molecular weight is 197 g/mol. The molecule has 1 atom stereocenters. The average Bonchev–Trinajstić information content (AvgIpc) is 1.81. The molecule has 80 valence electrons. The highest BCUT2D eigenvalue weighted by molar-refractivity contribution is 4.78. The molecule has 1 nitrogen and oxygen atoms in total. The van der Waals surface area contributed by atoms with Crippen molar-refractivity contribution in [3.05, 3.63) is 0 Å². The highest BCUT2D eigenvalue weighted by atomic mass is 19.4. The zero-order chi connectivity index (χ0) is 10.6. The van der Waals surface area contributed by atoms with Crippen LogP contribution in [-0.4, -0.2) is 18.8 Å². The fourth-order valence-electron chi connectivity index (χ4n) is 1.09. The van der Waals surface area contributed by atoms with Gasteiger partial charge in [-0.3, -0.25) is 0 Å². The smallest absolute Gasteiger partial charge is 0.306 e. The first kappa shape index (κ1) is 12.8. The molecular formula is C9H18F3N. The third-order valence-corrected chi connectivity index (χ3v) is 1.77. The molecule has 0 radical (unpaired) electrons. The molecule has 0 bridgehead atoms. The monoisotopic (exact) mass is 197 g/mol. The second-order valence-corrected chi connectivity index (χ2v) is 4.07. The van der Waals surface area contributed by atoms with Crippen molar-refractivity contribution in [3.63, 3.8) is 0 Å². The van der Waals surface area contributed by atoms with Gasteiger partial charge in [-0.1, -0.05) is 27.7 Å². The van der Waals surface area contributed by atoms with Gasteiger partial charge in [0.1, 0.15) is 6.04 Å². The Morgan fingerprint density at radius 1 is 1.08 bits per heavy atom. The van der Waals surface area contributed by atoms with Crippen LogP contribution in [0.3, 0.4) is 0 Å². The van der Waals surface area contributed by atoms with Crippen molar-refractivity contribution < 1.29 is 13.2 Å². The Morgan fingerprint density at radius 2 is 1.54 bits per heavy atom. The highest BCUT2D eigenvalue weighted by Crippen LogP contribution is 2.25. The van der Waals surface area contributed by atoms with Gasteiger partial charge in [-0.15, -0.1) is 0 Å². The maximum Gasteiger partial charge on any atom is 0.404 e. The van der Waals surface area contributed by atoms with E-state index in [1.54, 1.807) is 13.8 Å². The maximum atomic E-state index is 12.4. The van der Waals surface area contributed by atoms with E-state index in [4.69, 9.17) is 0 Å². The van der Waals surface area contributed by atoms with Crippen LogP contribution in [0.5, 0.6) is 0 Å². The van der Waals surface area contributed by atoms with Crippen LogP contribution in [0.2, 0.25) is 0 Å². The predicted molar refractivity (Wildman–Crippen MR) is 47.5 cm³/mol. The Labute approximate surface area is 77.7 Å². The first-order valence-electron chi connectivity index (χ1n) is 4.55. The summed E-state index contributed by atoms with van der Waals surface area (Å²) in [5.74, 6) is -0.178. The second kappa shape index (κ2) is 4.84. The zero-order valence-corrected chi connectivity index (χ0v) is 8.57. The van der Waals surface area contributed by atoms with Crippen LogP contribution in [0.4, 0.5) is 13.2 Å². The molecule has 0 fully saturated rings. The quantitative estimate of drug-likeness (QED) is 0.730. The molecule has 0 aliphatic rings. The van der Waals surface area contributed by atoms with Gasteiger partial charge >= 0.3 is 6.18 Å². The first-order chi connectivity index (χ1) is 5.75. The third kappa shape index (κ3) is 5.13. The van der Waals surface area contributed by atoms with E-state index in [0.29, 0.717) is 6.54 Å². The van der Waals surface area contributed by atoms with E-state index < -0.39 is 18.1 Å². The largest absolute Gasteiger partial charge is 0.404 e. The fourth-order valence-corrected chi connectivity index (χ4v) is 1.09. The molecule has 0 spiro atoms. The second-order valence-electron chi connectivity index (χ2n) is 4.07. The normalized spacial score (nSPS) is 15.5. The summed E-state index contributed by atoms with van der Waals surface area (Å²) in [6, 6.07) is -1.38. The number of hydrogen-bond acceptors (Lipinski definition) is 1. The van der Waals surface area contributed by atoms with Crippen molar-refractivity contribution in [1.29, 1.82) is 0 Å². The number of alkyl halides is 3. The molecule has 0 saturated carbocycles. The van der Waals surface area contributed by atoms with E-state index in [0.717, 1.165) is 0 Å². The van der Waals surface area contributed by atoms with E-state index in [9.17, 15) is 13.2 Å². The van der Waals surface area contributed by atoms with Crippen molar-refractivity contribution in [3.8, 4) is 0 Å². The summed E-state index contributed by atoms with van der Waals surface area (Å²) < 4.78 is 37.1. The molecule has 13 heavy (non-hydrogen) atoms. The zero-order valence-electron chi connectivity index (χ0n) is 8.57. The summed E-state index contributed by atoms with van der Waals surface area (Å²) in [5, 5.41) is 2.53.